The Morgan fingerprint density at radius 1 is 1.10 bits per heavy atom. The summed E-state index contributed by atoms with van der Waals surface area (Å²) < 4.78 is 16.4. The monoisotopic (exact) mass is 425 g/mol. The highest BCUT2D eigenvalue weighted by atomic mass is 32.2. The number of carbonyl (C=O) groups is 3. The second kappa shape index (κ2) is 13.2. The van der Waals surface area contributed by atoms with Crippen LogP contribution < -0.4 is 15.8 Å². The summed E-state index contributed by atoms with van der Waals surface area (Å²) in [5.74, 6) is -0.335. The van der Waals surface area contributed by atoms with Gasteiger partial charge < -0.3 is 15.4 Å². The van der Waals surface area contributed by atoms with Crippen LogP contribution in [0.25, 0.3) is 0 Å². The summed E-state index contributed by atoms with van der Waals surface area (Å²) in [4.78, 5) is 36.0. The smallest absolute Gasteiger partial charge is 0.251 e. The summed E-state index contributed by atoms with van der Waals surface area (Å²) >= 11 is 0. The van der Waals surface area contributed by atoms with Gasteiger partial charge in [-0.15, -0.1) is 0 Å². The minimum absolute atomic E-state index is 0.0694. The molecule has 0 bridgehead atoms. The molecule has 162 valence electrons. The second-order valence-corrected chi connectivity index (χ2v) is 8.01. The largest absolute Gasteiger partial charge is 0.383 e. The summed E-state index contributed by atoms with van der Waals surface area (Å²) in [7, 11) is -1.49. The number of hydrogen-bond acceptors (Lipinski definition) is 6. The molecule has 1 aromatic carbocycles. The molecule has 0 radical (unpaired) electrons. The number of anilines is 1. The van der Waals surface area contributed by atoms with Crippen LogP contribution in [0.5, 0.6) is 0 Å². The minimum atomic E-state index is -1.49. The van der Waals surface area contributed by atoms with Crippen LogP contribution in [0.4, 0.5) is 5.69 Å². The Kier molecular flexibility index (Phi) is 11.3. The van der Waals surface area contributed by atoms with Gasteiger partial charge in [-0.2, -0.15) is 0 Å². The van der Waals surface area contributed by atoms with Crippen molar-refractivity contribution < 1.29 is 23.3 Å². The maximum Gasteiger partial charge on any atom is 0.251 e. The lowest BCUT2D eigenvalue weighted by molar-refractivity contribution is -0.119. The van der Waals surface area contributed by atoms with E-state index in [2.05, 4.69) is 10.6 Å². The standard InChI is InChI=1S/C20H31N3O5S/c1-4-18(24)5-8-28-9-6-22-17-12-15(19(25)14(2)3)11-16(13-17)20(26)23-7-10-29(21)27/h11-14,22H,4-10,21H2,1-3H3,(H,23,26). The summed E-state index contributed by atoms with van der Waals surface area (Å²) in [6.45, 7) is 6.82. The van der Waals surface area contributed by atoms with Crippen LogP contribution >= 0.6 is 0 Å². The van der Waals surface area contributed by atoms with E-state index in [1.807, 2.05) is 6.92 Å². The van der Waals surface area contributed by atoms with Crippen molar-refractivity contribution in [3.63, 3.8) is 0 Å². The highest BCUT2D eigenvalue weighted by molar-refractivity contribution is 7.82. The fraction of sp³-hybridized carbons (Fsp3) is 0.550. The van der Waals surface area contributed by atoms with Crippen molar-refractivity contribution in [1.29, 1.82) is 0 Å². The van der Waals surface area contributed by atoms with Gasteiger partial charge >= 0.3 is 0 Å². The van der Waals surface area contributed by atoms with E-state index >= 15 is 0 Å². The number of nitrogens with one attached hydrogen (secondary N) is 2. The van der Waals surface area contributed by atoms with Crippen LogP contribution in [0.15, 0.2) is 18.2 Å². The molecule has 0 saturated heterocycles. The molecule has 9 heteroatoms. The molecule has 4 N–H and O–H groups in total. The van der Waals surface area contributed by atoms with Crippen LogP contribution in [0.3, 0.4) is 0 Å². The Hall–Kier alpha value is -2.10. The van der Waals surface area contributed by atoms with Gasteiger partial charge in [0.2, 0.25) is 0 Å². The lowest BCUT2D eigenvalue weighted by Gasteiger charge is -2.13. The Morgan fingerprint density at radius 3 is 2.41 bits per heavy atom. The summed E-state index contributed by atoms with van der Waals surface area (Å²) in [5.41, 5.74) is 1.39. The van der Waals surface area contributed by atoms with E-state index in [4.69, 9.17) is 9.88 Å². The number of ether oxygens (including phenoxy) is 1. The van der Waals surface area contributed by atoms with E-state index in [0.717, 1.165) is 0 Å². The fourth-order valence-electron chi connectivity index (χ4n) is 2.44. The molecule has 0 saturated carbocycles. The maximum absolute atomic E-state index is 12.4. The highest BCUT2D eigenvalue weighted by Gasteiger charge is 2.15. The fourth-order valence-corrected chi connectivity index (χ4v) is 2.74. The molecule has 0 aliphatic carbocycles. The average molecular weight is 426 g/mol. The molecule has 8 nitrogen and oxygen atoms in total. The lowest BCUT2D eigenvalue weighted by atomic mass is 9.98. The minimum Gasteiger partial charge on any atom is -0.383 e. The normalized spacial score (nSPS) is 11.9. The first-order chi connectivity index (χ1) is 13.7. The summed E-state index contributed by atoms with van der Waals surface area (Å²) in [6.07, 6.45) is 0.900. The number of ketones is 2. The van der Waals surface area contributed by atoms with Gasteiger partial charge in [0.1, 0.15) is 5.78 Å². The molecule has 1 atom stereocenters. The SMILES string of the molecule is CCC(=O)CCOCCNc1cc(C(=O)NCCS(N)=O)cc(C(=O)C(C)C)c1. The van der Waals surface area contributed by atoms with Crippen molar-refractivity contribution >= 4 is 34.1 Å². The lowest BCUT2D eigenvalue weighted by Crippen LogP contribution is -2.29. The van der Waals surface area contributed by atoms with Crippen LogP contribution in [0.2, 0.25) is 0 Å². The van der Waals surface area contributed by atoms with Gasteiger partial charge in [-0.05, 0) is 18.2 Å². The van der Waals surface area contributed by atoms with E-state index in [9.17, 15) is 18.6 Å². The molecular weight excluding hydrogens is 394 g/mol. The van der Waals surface area contributed by atoms with E-state index in [1.165, 1.54) is 0 Å². The van der Waals surface area contributed by atoms with Crippen molar-refractivity contribution in [2.24, 2.45) is 11.1 Å². The molecule has 1 aromatic rings. The topological polar surface area (TPSA) is 128 Å². The molecule has 1 unspecified atom stereocenters. The number of hydrogen-bond donors (Lipinski definition) is 3. The first-order valence-electron chi connectivity index (χ1n) is 9.68. The number of amides is 1. The maximum atomic E-state index is 12.4. The Labute approximate surface area is 174 Å². The van der Waals surface area contributed by atoms with E-state index in [-0.39, 0.29) is 35.7 Å². The van der Waals surface area contributed by atoms with Gasteiger partial charge in [0, 0.05) is 48.7 Å². The predicted molar refractivity (Wildman–Crippen MR) is 114 cm³/mol. The second-order valence-electron chi connectivity index (χ2n) is 6.84. The third kappa shape index (κ3) is 9.78. The van der Waals surface area contributed by atoms with Crippen molar-refractivity contribution in [2.45, 2.75) is 33.6 Å². The van der Waals surface area contributed by atoms with Gasteiger partial charge in [0.25, 0.3) is 5.91 Å². The molecule has 29 heavy (non-hydrogen) atoms. The van der Waals surface area contributed by atoms with Crippen molar-refractivity contribution in [1.82, 2.24) is 5.32 Å². The van der Waals surface area contributed by atoms with Crippen molar-refractivity contribution in [2.75, 3.05) is 37.4 Å². The van der Waals surface area contributed by atoms with Crippen LogP contribution in [-0.2, 0) is 20.5 Å². The van der Waals surface area contributed by atoms with Gasteiger partial charge in [-0.25, -0.2) is 4.21 Å². The molecule has 0 fully saturated rings. The first kappa shape index (κ1) is 24.9. The summed E-state index contributed by atoms with van der Waals surface area (Å²) in [6, 6.07) is 4.90. The third-order valence-electron chi connectivity index (χ3n) is 4.09. The van der Waals surface area contributed by atoms with Gasteiger partial charge in [-0.1, -0.05) is 20.8 Å². The number of rotatable bonds is 14. The number of carbonyl (C=O) groups excluding carboxylic acids is 3. The zero-order chi connectivity index (χ0) is 21.8. The number of benzene rings is 1. The Morgan fingerprint density at radius 2 is 1.79 bits per heavy atom. The van der Waals surface area contributed by atoms with E-state index < -0.39 is 11.0 Å². The molecule has 0 spiro atoms. The third-order valence-corrected chi connectivity index (χ3v) is 4.69. The van der Waals surface area contributed by atoms with Gasteiger partial charge in [0.15, 0.2) is 5.78 Å². The Bertz CT molecular complexity index is 737. The van der Waals surface area contributed by atoms with E-state index in [1.54, 1.807) is 32.0 Å². The molecule has 1 rings (SSSR count). The zero-order valence-electron chi connectivity index (χ0n) is 17.3. The number of nitrogens with two attached hydrogens (primary N) is 1. The molecule has 0 aromatic heterocycles. The molecule has 1 amide bonds. The molecule has 0 aliphatic rings. The summed E-state index contributed by atoms with van der Waals surface area (Å²) in [5, 5.41) is 11.0. The van der Waals surface area contributed by atoms with Crippen LogP contribution in [-0.4, -0.2) is 53.7 Å². The molecule has 0 heterocycles. The van der Waals surface area contributed by atoms with Crippen molar-refractivity contribution in [3.05, 3.63) is 29.3 Å². The van der Waals surface area contributed by atoms with Crippen LogP contribution in [0, 0.1) is 5.92 Å². The van der Waals surface area contributed by atoms with E-state index in [0.29, 0.717) is 49.4 Å². The van der Waals surface area contributed by atoms with Gasteiger partial charge in [0.05, 0.1) is 30.0 Å². The highest BCUT2D eigenvalue weighted by Crippen LogP contribution is 2.18. The zero-order valence-corrected chi connectivity index (χ0v) is 18.1. The van der Waals surface area contributed by atoms with Crippen molar-refractivity contribution in [3.8, 4) is 0 Å². The van der Waals surface area contributed by atoms with Gasteiger partial charge in [-0.3, -0.25) is 19.5 Å². The quantitative estimate of drug-likeness (QED) is 0.307. The molecule has 0 aliphatic heterocycles. The van der Waals surface area contributed by atoms with Crippen LogP contribution in [0.1, 0.15) is 54.3 Å². The number of Topliss-reactive ketones (excluding diaryl/α,β-unsaturated/α-hetero) is 2. The molecular formula is C20H31N3O5S. The average Bonchev–Trinajstić information content (AvgIpc) is 2.68. The first-order valence-corrected chi connectivity index (χ1v) is 11.1. The Balaban J connectivity index is 2.75. The predicted octanol–water partition coefficient (Wildman–Crippen LogP) is 1.68.